The first kappa shape index (κ1) is 25.6. The van der Waals surface area contributed by atoms with Crippen LogP contribution in [-0.4, -0.2) is 34.6 Å². The van der Waals surface area contributed by atoms with Crippen LogP contribution < -0.4 is 5.32 Å². The molecule has 0 heterocycles. The third kappa shape index (κ3) is 7.44. The smallest absolute Gasteiger partial charge is 0.243 e. The Morgan fingerprint density at radius 2 is 1.71 bits per heavy atom. The lowest BCUT2D eigenvalue weighted by molar-refractivity contribution is -0.139. The molecule has 0 spiro atoms. The van der Waals surface area contributed by atoms with Gasteiger partial charge in [-0.3, -0.25) is 9.59 Å². The maximum Gasteiger partial charge on any atom is 0.243 e. The monoisotopic (exact) mass is 480 g/mol. The summed E-state index contributed by atoms with van der Waals surface area (Å²) in [6.07, 6.45) is 0.495. The van der Waals surface area contributed by atoms with Crippen molar-refractivity contribution in [3.63, 3.8) is 0 Å². The third-order valence-corrected chi connectivity index (χ3v) is 6.63. The van der Waals surface area contributed by atoms with Crippen LogP contribution in [0.1, 0.15) is 43.9 Å². The van der Waals surface area contributed by atoms with Crippen molar-refractivity contribution >= 4 is 46.8 Å². The van der Waals surface area contributed by atoms with Crippen LogP contribution in [0.5, 0.6) is 0 Å². The van der Waals surface area contributed by atoms with Crippen LogP contribution in [-0.2, 0) is 21.9 Å². The number of nitrogens with one attached hydrogen (secondary N) is 1. The molecule has 168 valence electrons. The van der Waals surface area contributed by atoms with Gasteiger partial charge in [0.05, 0.1) is 5.75 Å². The molecule has 2 aromatic carbocycles. The molecule has 0 aliphatic rings. The lowest BCUT2D eigenvalue weighted by atomic mass is 10.1. The second kappa shape index (κ2) is 12.4. The molecule has 0 saturated carbocycles. The Bertz CT molecular complexity index is 885. The van der Waals surface area contributed by atoms with Crippen LogP contribution in [0.25, 0.3) is 0 Å². The molecule has 2 amide bonds. The van der Waals surface area contributed by atoms with E-state index in [1.165, 1.54) is 11.1 Å². The van der Waals surface area contributed by atoms with Crippen LogP contribution in [0.15, 0.2) is 42.5 Å². The number of hydrogen-bond acceptors (Lipinski definition) is 3. The number of hydrogen-bond donors (Lipinski definition) is 1. The molecular formula is C24H30Cl2N2O2S. The Morgan fingerprint density at radius 3 is 2.29 bits per heavy atom. The highest BCUT2D eigenvalue weighted by molar-refractivity contribution is 7.99. The SMILES string of the molecule is CC[C@H](C(=O)NC(C)C)N(Cc1c(Cl)cccc1Cl)C(=O)CSCc1ccccc1C. The van der Waals surface area contributed by atoms with Gasteiger partial charge in [0.2, 0.25) is 11.8 Å². The van der Waals surface area contributed by atoms with Gasteiger partial charge in [0.1, 0.15) is 6.04 Å². The molecule has 0 unspecified atom stereocenters. The number of carbonyl (C=O) groups is 2. The molecule has 0 fully saturated rings. The first-order valence-electron chi connectivity index (χ1n) is 10.4. The summed E-state index contributed by atoms with van der Waals surface area (Å²) in [7, 11) is 0. The van der Waals surface area contributed by atoms with E-state index in [0.717, 1.165) is 5.75 Å². The first-order chi connectivity index (χ1) is 14.7. The highest BCUT2D eigenvalue weighted by Gasteiger charge is 2.29. The van der Waals surface area contributed by atoms with Crippen molar-refractivity contribution in [2.45, 2.75) is 58.5 Å². The Labute approximate surface area is 199 Å². The minimum absolute atomic E-state index is 0.0159. The molecule has 0 aromatic heterocycles. The van der Waals surface area contributed by atoms with Crippen LogP contribution >= 0.6 is 35.0 Å². The zero-order chi connectivity index (χ0) is 23.0. The molecule has 0 aliphatic carbocycles. The minimum Gasteiger partial charge on any atom is -0.352 e. The number of nitrogens with zero attached hydrogens (tertiary/aromatic N) is 1. The highest BCUT2D eigenvalue weighted by Crippen LogP contribution is 2.27. The molecule has 7 heteroatoms. The van der Waals surface area contributed by atoms with Gasteiger partial charge in [0.15, 0.2) is 0 Å². The lowest BCUT2D eigenvalue weighted by Gasteiger charge is -2.31. The van der Waals surface area contributed by atoms with Crippen molar-refractivity contribution in [2.75, 3.05) is 5.75 Å². The summed E-state index contributed by atoms with van der Waals surface area (Å²) in [5.74, 6) is 0.717. The third-order valence-electron chi connectivity index (χ3n) is 4.95. The Hall–Kier alpha value is -1.69. The molecule has 31 heavy (non-hydrogen) atoms. The van der Waals surface area contributed by atoms with Crippen LogP contribution in [0.3, 0.4) is 0 Å². The number of thioether (sulfide) groups is 1. The Balaban J connectivity index is 2.21. The topological polar surface area (TPSA) is 49.4 Å². The van der Waals surface area contributed by atoms with Crippen LogP contribution in [0.2, 0.25) is 10.0 Å². The highest BCUT2D eigenvalue weighted by atomic mass is 35.5. The molecule has 1 N–H and O–H groups in total. The summed E-state index contributed by atoms with van der Waals surface area (Å²) >= 11 is 14.3. The van der Waals surface area contributed by atoms with Crippen molar-refractivity contribution in [1.29, 1.82) is 0 Å². The number of halogens is 2. The van der Waals surface area contributed by atoms with E-state index in [2.05, 4.69) is 24.4 Å². The number of rotatable bonds is 10. The Morgan fingerprint density at radius 1 is 1.06 bits per heavy atom. The summed E-state index contributed by atoms with van der Waals surface area (Å²) < 4.78 is 0. The van der Waals surface area contributed by atoms with E-state index in [1.54, 1.807) is 34.9 Å². The fourth-order valence-corrected chi connectivity index (χ4v) is 4.76. The molecule has 2 aromatic rings. The quantitative estimate of drug-likeness (QED) is 0.462. The molecule has 0 bridgehead atoms. The van der Waals surface area contributed by atoms with Gasteiger partial charge in [-0.1, -0.05) is 60.5 Å². The standard InChI is InChI=1S/C24H30Cl2N2O2S/c1-5-22(24(30)27-16(2)3)28(13-19-20(25)11-8-12-21(19)26)23(29)15-31-14-18-10-7-6-9-17(18)4/h6-12,16,22H,5,13-15H2,1-4H3,(H,27,30)/t22-/m1/s1. The predicted molar refractivity (Wildman–Crippen MR) is 132 cm³/mol. The van der Waals surface area contributed by atoms with Crippen molar-refractivity contribution in [2.24, 2.45) is 0 Å². The Kier molecular flexibility index (Phi) is 10.2. The second-order valence-corrected chi connectivity index (χ2v) is 9.53. The average Bonchev–Trinajstić information content (AvgIpc) is 2.70. The van der Waals surface area contributed by atoms with E-state index >= 15 is 0 Å². The zero-order valence-electron chi connectivity index (χ0n) is 18.5. The number of benzene rings is 2. The van der Waals surface area contributed by atoms with Crippen molar-refractivity contribution in [3.05, 3.63) is 69.2 Å². The van der Waals surface area contributed by atoms with Gasteiger partial charge < -0.3 is 10.2 Å². The first-order valence-corrected chi connectivity index (χ1v) is 12.3. The molecule has 1 atom stereocenters. The molecule has 4 nitrogen and oxygen atoms in total. The summed E-state index contributed by atoms with van der Waals surface area (Å²) in [5.41, 5.74) is 3.05. The molecular weight excluding hydrogens is 451 g/mol. The average molecular weight is 481 g/mol. The molecule has 0 radical (unpaired) electrons. The van der Waals surface area contributed by atoms with Crippen LogP contribution in [0.4, 0.5) is 0 Å². The number of amides is 2. The van der Waals surface area contributed by atoms with Crippen molar-refractivity contribution in [1.82, 2.24) is 10.2 Å². The van der Waals surface area contributed by atoms with Gasteiger partial charge in [0.25, 0.3) is 0 Å². The minimum atomic E-state index is -0.596. The van der Waals surface area contributed by atoms with Crippen LogP contribution in [0, 0.1) is 6.92 Å². The van der Waals surface area contributed by atoms with E-state index < -0.39 is 6.04 Å². The summed E-state index contributed by atoms with van der Waals surface area (Å²) in [6.45, 7) is 7.96. The van der Waals surface area contributed by atoms with Gasteiger partial charge >= 0.3 is 0 Å². The summed E-state index contributed by atoms with van der Waals surface area (Å²) in [6, 6.07) is 12.8. The number of carbonyl (C=O) groups excluding carboxylic acids is 2. The maximum atomic E-state index is 13.3. The second-order valence-electron chi connectivity index (χ2n) is 7.73. The fourth-order valence-electron chi connectivity index (χ4n) is 3.26. The molecule has 0 aliphatic heterocycles. The summed E-state index contributed by atoms with van der Waals surface area (Å²) in [4.78, 5) is 27.7. The van der Waals surface area contributed by atoms with Gasteiger partial charge in [0, 0.05) is 33.9 Å². The normalized spacial score (nSPS) is 12.0. The zero-order valence-corrected chi connectivity index (χ0v) is 20.8. The number of aryl methyl sites for hydroxylation is 1. The fraction of sp³-hybridized carbons (Fsp3) is 0.417. The molecule has 0 saturated heterocycles. The van der Waals surface area contributed by atoms with Crippen molar-refractivity contribution < 1.29 is 9.59 Å². The molecule has 2 rings (SSSR count). The predicted octanol–water partition coefficient (Wildman–Crippen LogP) is 5.87. The van der Waals surface area contributed by atoms with Gasteiger partial charge in [-0.15, -0.1) is 11.8 Å². The van der Waals surface area contributed by atoms with Crippen molar-refractivity contribution in [3.8, 4) is 0 Å². The summed E-state index contributed by atoms with van der Waals surface area (Å²) in [5, 5.41) is 3.89. The van der Waals surface area contributed by atoms with Gasteiger partial charge in [-0.25, -0.2) is 0 Å². The van der Waals surface area contributed by atoms with Gasteiger partial charge in [-0.2, -0.15) is 0 Å². The lowest BCUT2D eigenvalue weighted by Crippen LogP contribution is -2.51. The van der Waals surface area contributed by atoms with Gasteiger partial charge in [-0.05, 0) is 50.5 Å². The van der Waals surface area contributed by atoms with E-state index in [0.29, 0.717) is 22.0 Å². The van der Waals surface area contributed by atoms with E-state index in [-0.39, 0.29) is 30.2 Å². The maximum absolute atomic E-state index is 13.3. The van der Waals surface area contributed by atoms with E-state index in [9.17, 15) is 9.59 Å². The van der Waals surface area contributed by atoms with E-state index in [4.69, 9.17) is 23.2 Å². The van der Waals surface area contributed by atoms with E-state index in [1.807, 2.05) is 32.9 Å². The largest absolute Gasteiger partial charge is 0.352 e.